The van der Waals surface area contributed by atoms with E-state index in [-0.39, 0.29) is 15.6 Å². The van der Waals surface area contributed by atoms with E-state index in [9.17, 15) is 8.42 Å². The lowest BCUT2D eigenvalue weighted by molar-refractivity contribution is 0.182. The molecule has 0 amide bonds. The predicted molar refractivity (Wildman–Crippen MR) is 83.8 cm³/mol. The average Bonchev–Trinajstić information content (AvgIpc) is 3.23. The van der Waals surface area contributed by atoms with Crippen LogP contribution in [0.1, 0.15) is 12.8 Å². The number of piperazine rings is 1. The quantitative estimate of drug-likeness (QED) is 0.853. The first-order chi connectivity index (χ1) is 9.98. The van der Waals surface area contributed by atoms with Crippen LogP contribution in [0.15, 0.2) is 23.1 Å². The minimum Gasteiger partial charge on any atom is -0.398 e. The van der Waals surface area contributed by atoms with Crippen LogP contribution in [0, 0.1) is 5.92 Å². The smallest absolute Gasteiger partial charge is 0.246 e. The van der Waals surface area contributed by atoms with Gasteiger partial charge in [0.25, 0.3) is 0 Å². The van der Waals surface area contributed by atoms with Crippen LogP contribution < -0.4 is 5.73 Å². The maximum atomic E-state index is 12.7. The van der Waals surface area contributed by atoms with Crippen LogP contribution in [0.3, 0.4) is 0 Å². The zero-order valence-electron chi connectivity index (χ0n) is 11.8. The molecule has 2 aliphatic rings. The molecule has 2 N–H and O–H groups in total. The first-order valence-corrected chi connectivity index (χ1v) is 9.07. The van der Waals surface area contributed by atoms with Gasteiger partial charge >= 0.3 is 0 Å². The molecule has 1 aromatic rings. The SMILES string of the molecule is Nc1cccc(Cl)c1S(=O)(=O)N1CCN(CC2CC2)CC1. The summed E-state index contributed by atoms with van der Waals surface area (Å²) in [5, 5.41) is 0.190. The molecule has 0 unspecified atom stereocenters. The summed E-state index contributed by atoms with van der Waals surface area (Å²) < 4.78 is 26.9. The van der Waals surface area contributed by atoms with Gasteiger partial charge < -0.3 is 10.6 Å². The molecule has 0 radical (unpaired) electrons. The first kappa shape index (κ1) is 15.1. The van der Waals surface area contributed by atoms with Crippen LogP contribution in [0.2, 0.25) is 5.02 Å². The van der Waals surface area contributed by atoms with Crippen molar-refractivity contribution in [2.24, 2.45) is 5.92 Å². The highest BCUT2D eigenvalue weighted by Crippen LogP contribution is 2.32. The zero-order chi connectivity index (χ0) is 15.0. The fourth-order valence-corrected chi connectivity index (χ4v) is 4.80. The lowest BCUT2D eigenvalue weighted by Crippen LogP contribution is -2.49. The van der Waals surface area contributed by atoms with Gasteiger partial charge in [-0.15, -0.1) is 0 Å². The summed E-state index contributed by atoms with van der Waals surface area (Å²) in [7, 11) is -3.61. The molecule has 116 valence electrons. The van der Waals surface area contributed by atoms with Crippen LogP contribution >= 0.6 is 11.6 Å². The number of rotatable bonds is 4. The lowest BCUT2D eigenvalue weighted by Gasteiger charge is -2.34. The van der Waals surface area contributed by atoms with Gasteiger partial charge in [0.05, 0.1) is 10.7 Å². The molecule has 0 bridgehead atoms. The molecule has 1 aliphatic heterocycles. The fourth-order valence-electron chi connectivity index (χ4n) is 2.74. The Kier molecular flexibility index (Phi) is 4.14. The number of nitrogens with zero attached hydrogens (tertiary/aromatic N) is 2. The summed E-state index contributed by atoms with van der Waals surface area (Å²) >= 11 is 6.04. The van der Waals surface area contributed by atoms with E-state index in [0.717, 1.165) is 25.6 Å². The van der Waals surface area contributed by atoms with Gasteiger partial charge in [-0.2, -0.15) is 4.31 Å². The molecular formula is C14H20ClN3O2S. The lowest BCUT2D eigenvalue weighted by atomic mass is 10.3. The van der Waals surface area contributed by atoms with Gasteiger partial charge in [-0.1, -0.05) is 17.7 Å². The Morgan fingerprint density at radius 3 is 2.43 bits per heavy atom. The van der Waals surface area contributed by atoms with E-state index in [1.54, 1.807) is 18.2 Å². The number of nitrogen functional groups attached to an aromatic ring is 1. The Balaban J connectivity index is 1.74. The van der Waals surface area contributed by atoms with Crippen molar-refractivity contribution in [2.75, 3.05) is 38.5 Å². The van der Waals surface area contributed by atoms with Crippen molar-refractivity contribution in [3.63, 3.8) is 0 Å². The van der Waals surface area contributed by atoms with Gasteiger partial charge in [-0.05, 0) is 30.9 Å². The Hall–Kier alpha value is -0.820. The Morgan fingerprint density at radius 2 is 1.86 bits per heavy atom. The maximum Gasteiger partial charge on any atom is 0.246 e. The van der Waals surface area contributed by atoms with E-state index in [0.29, 0.717) is 13.1 Å². The van der Waals surface area contributed by atoms with Gasteiger partial charge in [-0.3, -0.25) is 0 Å². The number of benzene rings is 1. The van der Waals surface area contributed by atoms with Crippen molar-refractivity contribution < 1.29 is 8.42 Å². The summed E-state index contributed by atoms with van der Waals surface area (Å²) in [4.78, 5) is 2.39. The van der Waals surface area contributed by atoms with E-state index in [1.807, 2.05) is 0 Å². The van der Waals surface area contributed by atoms with Crippen molar-refractivity contribution >= 4 is 27.3 Å². The van der Waals surface area contributed by atoms with Gasteiger partial charge in [0.15, 0.2) is 0 Å². The fraction of sp³-hybridized carbons (Fsp3) is 0.571. The summed E-state index contributed by atoms with van der Waals surface area (Å²) in [5.74, 6) is 0.826. The van der Waals surface area contributed by atoms with Gasteiger partial charge in [-0.25, -0.2) is 8.42 Å². The molecule has 1 saturated heterocycles. The third kappa shape index (κ3) is 3.18. The van der Waals surface area contributed by atoms with Gasteiger partial charge in [0.1, 0.15) is 4.90 Å². The molecule has 3 rings (SSSR count). The molecule has 1 heterocycles. The molecule has 1 aliphatic carbocycles. The van der Waals surface area contributed by atoms with E-state index < -0.39 is 10.0 Å². The van der Waals surface area contributed by atoms with Crippen LogP contribution in [0.25, 0.3) is 0 Å². The van der Waals surface area contributed by atoms with E-state index >= 15 is 0 Å². The van der Waals surface area contributed by atoms with Crippen molar-refractivity contribution in [3.8, 4) is 0 Å². The van der Waals surface area contributed by atoms with Gasteiger partial charge in [0.2, 0.25) is 10.0 Å². The second kappa shape index (κ2) is 5.76. The topological polar surface area (TPSA) is 66.6 Å². The molecule has 7 heteroatoms. The average molecular weight is 330 g/mol. The second-order valence-corrected chi connectivity index (χ2v) is 8.09. The van der Waals surface area contributed by atoms with E-state index in [4.69, 9.17) is 17.3 Å². The largest absolute Gasteiger partial charge is 0.398 e. The Morgan fingerprint density at radius 1 is 1.19 bits per heavy atom. The molecule has 2 fully saturated rings. The molecular weight excluding hydrogens is 310 g/mol. The van der Waals surface area contributed by atoms with Crippen LogP contribution in [-0.4, -0.2) is 50.3 Å². The number of hydrogen-bond acceptors (Lipinski definition) is 4. The first-order valence-electron chi connectivity index (χ1n) is 7.25. The molecule has 1 aromatic carbocycles. The number of nitrogens with two attached hydrogens (primary N) is 1. The number of anilines is 1. The number of hydrogen-bond donors (Lipinski definition) is 1. The van der Waals surface area contributed by atoms with Crippen molar-refractivity contribution in [1.29, 1.82) is 0 Å². The van der Waals surface area contributed by atoms with E-state index in [1.165, 1.54) is 17.1 Å². The van der Waals surface area contributed by atoms with Gasteiger partial charge in [0, 0.05) is 32.7 Å². The van der Waals surface area contributed by atoms with E-state index in [2.05, 4.69) is 4.90 Å². The molecule has 1 saturated carbocycles. The summed E-state index contributed by atoms with van der Waals surface area (Å²) in [6.07, 6.45) is 2.63. The van der Waals surface area contributed by atoms with Crippen molar-refractivity contribution in [2.45, 2.75) is 17.7 Å². The monoisotopic (exact) mass is 329 g/mol. The Bertz CT molecular complexity index is 603. The molecule has 21 heavy (non-hydrogen) atoms. The molecule has 0 spiro atoms. The highest BCUT2D eigenvalue weighted by Gasteiger charge is 2.33. The number of sulfonamides is 1. The summed E-state index contributed by atoms with van der Waals surface area (Å²) in [5.41, 5.74) is 6.03. The highest BCUT2D eigenvalue weighted by atomic mass is 35.5. The summed E-state index contributed by atoms with van der Waals surface area (Å²) in [6, 6.07) is 4.79. The standard InChI is InChI=1S/C14H20ClN3O2S/c15-12-2-1-3-13(16)14(12)21(19,20)18-8-6-17(7-9-18)10-11-4-5-11/h1-3,11H,4-10,16H2. The minimum atomic E-state index is -3.61. The van der Waals surface area contributed by atoms with Crippen LogP contribution in [0.5, 0.6) is 0 Å². The minimum absolute atomic E-state index is 0.0438. The van der Waals surface area contributed by atoms with Crippen molar-refractivity contribution in [3.05, 3.63) is 23.2 Å². The summed E-state index contributed by atoms with van der Waals surface area (Å²) in [6.45, 7) is 3.65. The second-order valence-electron chi connectivity index (χ2n) is 5.81. The Labute approximate surface area is 130 Å². The number of halogens is 1. The third-order valence-electron chi connectivity index (χ3n) is 4.14. The third-order valence-corrected chi connectivity index (χ3v) is 6.58. The van der Waals surface area contributed by atoms with Crippen LogP contribution in [-0.2, 0) is 10.0 Å². The normalized spacial score (nSPS) is 21.6. The zero-order valence-corrected chi connectivity index (χ0v) is 13.4. The predicted octanol–water partition coefficient (Wildman–Crippen LogP) is 1.64. The highest BCUT2D eigenvalue weighted by molar-refractivity contribution is 7.89. The maximum absolute atomic E-state index is 12.7. The molecule has 0 atom stereocenters. The molecule has 5 nitrogen and oxygen atoms in total. The van der Waals surface area contributed by atoms with Crippen LogP contribution in [0.4, 0.5) is 5.69 Å². The van der Waals surface area contributed by atoms with Crippen molar-refractivity contribution in [1.82, 2.24) is 9.21 Å². The molecule has 0 aromatic heterocycles.